The molecule has 0 fully saturated rings. The minimum Gasteiger partial charge on any atom is -0.378 e. The molecule has 0 aliphatic heterocycles. The first kappa shape index (κ1) is 15.1. The minimum absolute atomic E-state index is 0.0331. The molecular weight excluding hydrogens is 336 g/mol. The Morgan fingerprint density at radius 1 is 1.25 bits per heavy atom. The van der Waals surface area contributed by atoms with Gasteiger partial charge in [0.15, 0.2) is 0 Å². The lowest BCUT2D eigenvalue weighted by Gasteiger charge is -2.14. The van der Waals surface area contributed by atoms with Crippen molar-refractivity contribution in [1.29, 1.82) is 0 Å². The van der Waals surface area contributed by atoms with Crippen molar-refractivity contribution in [2.75, 3.05) is 11.9 Å². The van der Waals surface area contributed by atoms with Gasteiger partial charge in [-0.25, -0.2) is 0 Å². The van der Waals surface area contributed by atoms with Gasteiger partial charge in [0.05, 0.1) is 9.83 Å². The van der Waals surface area contributed by atoms with Crippen molar-refractivity contribution in [2.45, 2.75) is 19.9 Å². The second-order valence-electron chi connectivity index (χ2n) is 4.44. The molecule has 20 heavy (non-hydrogen) atoms. The highest BCUT2D eigenvalue weighted by Gasteiger charge is 2.09. The summed E-state index contributed by atoms with van der Waals surface area (Å²) < 4.78 is 1.13. The Kier molecular flexibility index (Phi) is 5.20. The van der Waals surface area contributed by atoms with Crippen LogP contribution in [-0.2, 0) is 0 Å². The summed E-state index contributed by atoms with van der Waals surface area (Å²) in [5, 5.41) is 6.22. The summed E-state index contributed by atoms with van der Waals surface area (Å²) in [7, 11) is 0. The summed E-state index contributed by atoms with van der Waals surface area (Å²) in [6, 6.07) is 11.9. The van der Waals surface area contributed by atoms with Crippen LogP contribution < -0.4 is 10.6 Å². The van der Waals surface area contributed by atoms with E-state index in [-0.39, 0.29) is 11.9 Å². The third-order valence-electron chi connectivity index (χ3n) is 2.89. The fourth-order valence-corrected chi connectivity index (χ4v) is 3.29. The molecule has 1 atom stereocenters. The van der Waals surface area contributed by atoms with Gasteiger partial charge in [-0.05, 0) is 66.2 Å². The lowest BCUT2D eigenvalue weighted by Crippen LogP contribution is -2.22. The first-order valence-corrected chi connectivity index (χ1v) is 8.11. The highest BCUT2D eigenvalue weighted by Crippen LogP contribution is 2.29. The Hall–Kier alpha value is -1.33. The van der Waals surface area contributed by atoms with Gasteiger partial charge in [-0.1, -0.05) is 0 Å². The van der Waals surface area contributed by atoms with Crippen LogP contribution in [0.15, 0.2) is 40.2 Å². The average molecular weight is 353 g/mol. The monoisotopic (exact) mass is 352 g/mol. The number of hydrogen-bond donors (Lipinski definition) is 2. The van der Waals surface area contributed by atoms with Crippen LogP contribution >= 0.6 is 27.3 Å². The van der Waals surface area contributed by atoms with E-state index < -0.39 is 0 Å². The number of benzene rings is 1. The number of amides is 1. The minimum atomic E-state index is -0.0331. The second kappa shape index (κ2) is 6.90. The molecule has 1 amide bonds. The van der Waals surface area contributed by atoms with Gasteiger partial charge in [0.1, 0.15) is 0 Å². The van der Waals surface area contributed by atoms with Crippen molar-refractivity contribution < 1.29 is 4.79 Å². The number of nitrogens with one attached hydrogen (secondary N) is 2. The van der Waals surface area contributed by atoms with Crippen LogP contribution in [0, 0.1) is 0 Å². The van der Waals surface area contributed by atoms with Gasteiger partial charge in [0, 0.05) is 22.7 Å². The quantitative estimate of drug-likeness (QED) is 0.835. The number of carbonyl (C=O) groups is 1. The maximum Gasteiger partial charge on any atom is 0.251 e. The number of hydrogen-bond acceptors (Lipinski definition) is 3. The zero-order chi connectivity index (χ0) is 14.5. The first-order valence-electron chi connectivity index (χ1n) is 6.50. The van der Waals surface area contributed by atoms with Gasteiger partial charge in [0.25, 0.3) is 5.91 Å². The van der Waals surface area contributed by atoms with Gasteiger partial charge in [-0.15, -0.1) is 11.3 Å². The molecule has 0 saturated heterocycles. The van der Waals surface area contributed by atoms with E-state index in [0.717, 1.165) is 9.47 Å². The highest BCUT2D eigenvalue weighted by molar-refractivity contribution is 9.11. The van der Waals surface area contributed by atoms with Crippen LogP contribution in [0.3, 0.4) is 0 Å². The van der Waals surface area contributed by atoms with E-state index in [2.05, 4.69) is 45.6 Å². The third-order valence-corrected chi connectivity index (χ3v) is 4.69. The summed E-state index contributed by atoms with van der Waals surface area (Å²) in [5.74, 6) is -0.0331. The Morgan fingerprint density at radius 3 is 2.50 bits per heavy atom. The Labute approximate surface area is 131 Å². The number of halogens is 1. The lowest BCUT2D eigenvalue weighted by atomic mass is 10.1. The van der Waals surface area contributed by atoms with Crippen LogP contribution in [0.4, 0.5) is 5.69 Å². The highest BCUT2D eigenvalue weighted by atomic mass is 79.9. The fraction of sp³-hybridized carbons (Fsp3) is 0.267. The molecule has 0 radical (unpaired) electrons. The number of carbonyl (C=O) groups excluding carboxylic acids is 1. The predicted molar refractivity (Wildman–Crippen MR) is 88.5 cm³/mol. The summed E-state index contributed by atoms with van der Waals surface area (Å²) in [5.41, 5.74) is 1.69. The predicted octanol–water partition coefficient (Wildman–Crippen LogP) is 4.43. The van der Waals surface area contributed by atoms with E-state index in [9.17, 15) is 4.79 Å². The Bertz CT molecular complexity index is 580. The van der Waals surface area contributed by atoms with Crippen molar-refractivity contribution in [1.82, 2.24) is 5.32 Å². The van der Waals surface area contributed by atoms with E-state index in [0.29, 0.717) is 12.1 Å². The van der Waals surface area contributed by atoms with Crippen molar-refractivity contribution >= 4 is 38.9 Å². The molecule has 1 heterocycles. The number of anilines is 1. The second-order valence-corrected chi connectivity index (χ2v) is 6.94. The Morgan fingerprint density at radius 2 is 1.95 bits per heavy atom. The maximum atomic E-state index is 11.7. The van der Waals surface area contributed by atoms with E-state index >= 15 is 0 Å². The molecule has 0 aliphatic carbocycles. The van der Waals surface area contributed by atoms with E-state index in [4.69, 9.17) is 0 Å². The van der Waals surface area contributed by atoms with Gasteiger partial charge < -0.3 is 10.6 Å². The smallest absolute Gasteiger partial charge is 0.251 e. The van der Waals surface area contributed by atoms with Crippen LogP contribution in [-0.4, -0.2) is 12.5 Å². The van der Waals surface area contributed by atoms with Crippen LogP contribution in [0.25, 0.3) is 0 Å². The molecule has 0 saturated carbocycles. The van der Waals surface area contributed by atoms with E-state index in [1.54, 1.807) is 11.3 Å². The molecule has 1 unspecified atom stereocenters. The third kappa shape index (κ3) is 3.84. The zero-order valence-corrected chi connectivity index (χ0v) is 13.8. The fourth-order valence-electron chi connectivity index (χ4n) is 1.86. The topological polar surface area (TPSA) is 41.1 Å². The molecule has 106 valence electrons. The average Bonchev–Trinajstić information content (AvgIpc) is 2.86. The molecule has 0 spiro atoms. The lowest BCUT2D eigenvalue weighted by molar-refractivity contribution is 0.0956. The van der Waals surface area contributed by atoms with Crippen molar-refractivity contribution in [3.63, 3.8) is 0 Å². The van der Waals surface area contributed by atoms with E-state index in [1.807, 2.05) is 31.2 Å². The van der Waals surface area contributed by atoms with Gasteiger partial charge in [-0.3, -0.25) is 4.79 Å². The normalized spacial score (nSPS) is 11.9. The Balaban J connectivity index is 2.01. The molecule has 2 rings (SSSR count). The van der Waals surface area contributed by atoms with Crippen molar-refractivity contribution in [3.05, 3.63) is 50.6 Å². The van der Waals surface area contributed by atoms with Crippen LogP contribution in [0.2, 0.25) is 0 Å². The molecular formula is C15H17BrN2OS. The van der Waals surface area contributed by atoms with Crippen LogP contribution in [0.1, 0.15) is 35.1 Å². The summed E-state index contributed by atoms with van der Waals surface area (Å²) in [4.78, 5) is 12.9. The molecule has 0 aliphatic rings. The first-order chi connectivity index (χ1) is 9.60. The molecule has 2 N–H and O–H groups in total. The van der Waals surface area contributed by atoms with E-state index in [1.165, 1.54) is 4.88 Å². The largest absolute Gasteiger partial charge is 0.378 e. The number of rotatable bonds is 5. The SMILES string of the molecule is CCNC(=O)c1ccc(NC(C)c2ccc(Br)s2)cc1. The summed E-state index contributed by atoms with van der Waals surface area (Å²) in [6.45, 7) is 4.67. The molecule has 1 aromatic heterocycles. The molecule has 0 bridgehead atoms. The molecule has 2 aromatic rings. The maximum absolute atomic E-state index is 11.7. The van der Waals surface area contributed by atoms with Gasteiger partial charge in [0.2, 0.25) is 0 Å². The zero-order valence-electron chi connectivity index (χ0n) is 11.4. The van der Waals surface area contributed by atoms with Crippen LogP contribution in [0.5, 0.6) is 0 Å². The molecule has 1 aromatic carbocycles. The van der Waals surface area contributed by atoms with Gasteiger partial charge in [-0.2, -0.15) is 0 Å². The molecule has 3 nitrogen and oxygen atoms in total. The van der Waals surface area contributed by atoms with Crippen molar-refractivity contribution in [3.8, 4) is 0 Å². The summed E-state index contributed by atoms with van der Waals surface area (Å²) >= 11 is 5.19. The number of thiophene rings is 1. The summed E-state index contributed by atoms with van der Waals surface area (Å²) in [6.07, 6.45) is 0. The molecule has 5 heteroatoms. The standard InChI is InChI=1S/C15H17BrN2OS/c1-3-17-15(19)11-4-6-12(7-5-11)18-10(2)13-8-9-14(16)20-13/h4-10,18H,3H2,1-2H3,(H,17,19). The van der Waals surface area contributed by atoms with Gasteiger partial charge >= 0.3 is 0 Å². The van der Waals surface area contributed by atoms with Crippen molar-refractivity contribution in [2.24, 2.45) is 0 Å².